The fourth-order valence-electron chi connectivity index (χ4n) is 3.14. The van der Waals surface area contributed by atoms with E-state index in [1.807, 2.05) is 0 Å². The lowest BCUT2D eigenvalue weighted by molar-refractivity contribution is 0.648. The topological polar surface area (TPSA) is 38.9 Å². The van der Waals surface area contributed by atoms with Crippen molar-refractivity contribution in [2.75, 3.05) is 6.54 Å². The molecule has 24 heavy (non-hydrogen) atoms. The zero-order valence-corrected chi connectivity index (χ0v) is 14.5. The van der Waals surface area contributed by atoms with Crippen molar-refractivity contribution in [2.24, 2.45) is 5.73 Å². The number of benzene rings is 2. The molecule has 0 saturated carbocycles. The zero-order chi connectivity index (χ0) is 16.8. The van der Waals surface area contributed by atoms with Gasteiger partial charge in [0.1, 0.15) is 0 Å². The highest BCUT2D eigenvalue weighted by Crippen LogP contribution is 2.26. The van der Waals surface area contributed by atoms with Gasteiger partial charge in [-0.15, -0.1) is 0 Å². The van der Waals surface area contributed by atoms with Gasteiger partial charge in [0.15, 0.2) is 0 Å². The Bertz CT molecular complexity index is 791. The molecule has 0 saturated heterocycles. The third-order valence-electron chi connectivity index (χ3n) is 4.55. The summed E-state index contributed by atoms with van der Waals surface area (Å²) in [4.78, 5) is 4.88. The van der Waals surface area contributed by atoms with Gasteiger partial charge < -0.3 is 5.73 Å². The highest BCUT2D eigenvalue weighted by atomic mass is 14.7. The first-order valence-corrected chi connectivity index (χ1v) is 8.94. The van der Waals surface area contributed by atoms with Gasteiger partial charge in [-0.05, 0) is 50.4 Å². The van der Waals surface area contributed by atoms with Gasteiger partial charge in [0.05, 0.1) is 11.2 Å². The van der Waals surface area contributed by atoms with Crippen molar-refractivity contribution in [3.63, 3.8) is 0 Å². The number of aromatic nitrogens is 1. The fourth-order valence-corrected chi connectivity index (χ4v) is 3.14. The molecule has 0 unspecified atom stereocenters. The molecule has 0 aliphatic rings. The number of aryl methyl sites for hydroxylation is 2. The number of rotatable bonds is 7. The first-order valence-electron chi connectivity index (χ1n) is 8.94. The van der Waals surface area contributed by atoms with Crippen LogP contribution < -0.4 is 5.73 Å². The molecule has 0 fully saturated rings. The van der Waals surface area contributed by atoms with E-state index in [-0.39, 0.29) is 0 Å². The van der Waals surface area contributed by atoms with Crippen LogP contribution in [0.25, 0.3) is 22.2 Å². The molecule has 2 N–H and O–H groups in total. The van der Waals surface area contributed by atoms with E-state index in [1.54, 1.807) is 0 Å². The first kappa shape index (κ1) is 16.7. The maximum Gasteiger partial charge on any atom is 0.0712 e. The number of fused-ring (bicyclic) bond motifs is 1. The molecule has 3 aromatic rings. The standard InChI is InChI=1S/C22H26N2/c1-17-11-13-18(14-12-17)22-16-19(8-4-2-3-7-15-23)20-9-5-6-10-21(20)24-22/h5-6,9-14,16H,2-4,7-8,15,23H2,1H3. The smallest absolute Gasteiger partial charge is 0.0712 e. The van der Waals surface area contributed by atoms with Gasteiger partial charge in [0.25, 0.3) is 0 Å². The van der Waals surface area contributed by atoms with Crippen LogP contribution in [-0.2, 0) is 6.42 Å². The second-order valence-corrected chi connectivity index (χ2v) is 6.50. The van der Waals surface area contributed by atoms with Crippen LogP contribution in [0.5, 0.6) is 0 Å². The lowest BCUT2D eigenvalue weighted by atomic mass is 9.99. The average molecular weight is 318 g/mol. The molecule has 0 aliphatic carbocycles. The predicted octanol–water partition coefficient (Wildman–Crippen LogP) is 5.27. The van der Waals surface area contributed by atoms with Gasteiger partial charge >= 0.3 is 0 Å². The third-order valence-corrected chi connectivity index (χ3v) is 4.55. The fraction of sp³-hybridized carbons (Fsp3) is 0.318. The van der Waals surface area contributed by atoms with Crippen LogP contribution in [0.15, 0.2) is 54.6 Å². The quantitative estimate of drug-likeness (QED) is 0.603. The minimum absolute atomic E-state index is 0.801. The van der Waals surface area contributed by atoms with Crippen LogP contribution in [0, 0.1) is 6.92 Å². The van der Waals surface area contributed by atoms with Crippen LogP contribution in [-0.4, -0.2) is 11.5 Å². The summed E-state index contributed by atoms with van der Waals surface area (Å²) < 4.78 is 0. The molecule has 0 atom stereocenters. The Morgan fingerprint density at radius 2 is 1.62 bits per heavy atom. The number of unbranched alkanes of at least 4 members (excludes halogenated alkanes) is 3. The van der Waals surface area contributed by atoms with Crippen LogP contribution in [0.4, 0.5) is 0 Å². The molecule has 0 amide bonds. The summed E-state index contributed by atoms with van der Waals surface area (Å²) in [6, 6.07) is 19.4. The molecular formula is C22H26N2. The van der Waals surface area contributed by atoms with Crippen LogP contribution >= 0.6 is 0 Å². The second kappa shape index (κ2) is 8.07. The normalized spacial score (nSPS) is 11.1. The van der Waals surface area contributed by atoms with E-state index < -0.39 is 0 Å². The molecule has 0 aliphatic heterocycles. The summed E-state index contributed by atoms with van der Waals surface area (Å²) in [6.07, 6.45) is 5.91. The summed E-state index contributed by atoms with van der Waals surface area (Å²) in [6.45, 7) is 2.92. The van der Waals surface area contributed by atoms with Crippen molar-refractivity contribution >= 4 is 10.9 Å². The number of para-hydroxylation sites is 1. The Morgan fingerprint density at radius 1 is 0.875 bits per heavy atom. The Hall–Kier alpha value is -2.19. The molecule has 2 nitrogen and oxygen atoms in total. The number of hydrogen-bond donors (Lipinski definition) is 1. The van der Waals surface area contributed by atoms with Crippen molar-refractivity contribution in [1.29, 1.82) is 0 Å². The average Bonchev–Trinajstić information content (AvgIpc) is 2.62. The molecule has 3 rings (SSSR count). The minimum atomic E-state index is 0.801. The monoisotopic (exact) mass is 318 g/mol. The Labute approximate surface area is 144 Å². The van der Waals surface area contributed by atoms with Crippen molar-refractivity contribution in [3.8, 4) is 11.3 Å². The molecule has 1 heterocycles. The van der Waals surface area contributed by atoms with E-state index in [1.165, 1.54) is 41.3 Å². The minimum Gasteiger partial charge on any atom is -0.330 e. The van der Waals surface area contributed by atoms with E-state index in [0.29, 0.717) is 0 Å². The van der Waals surface area contributed by atoms with Crippen molar-refractivity contribution in [3.05, 3.63) is 65.7 Å². The molecule has 0 bridgehead atoms. The number of pyridine rings is 1. The van der Waals surface area contributed by atoms with E-state index in [4.69, 9.17) is 10.7 Å². The van der Waals surface area contributed by atoms with Gasteiger partial charge in [-0.25, -0.2) is 4.98 Å². The predicted molar refractivity (Wildman–Crippen MR) is 103 cm³/mol. The number of hydrogen-bond acceptors (Lipinski definition) is 2. The Balaban J connectivity index is 1.89. The second-order valence-electron chi connectivity index (χ2n) is 6.50. The maximum atomic E-state index is 5.58. The molecule has 124 valence electrons. The van der Waals surface area contributed by atoms with Gasteiger partial charge in [0.2, 0.25) is 0 Å². The molecule has 2 aromatic carbocycles. The summed E-state index contributed by atoms with van der Waals surface area (Å²) >= 11 is 0. The summed E-state index contributed by atoms with van der Waals surface area (Å²) in [7, 11) is 0. The van der Waals surface area contributed by atoms with Crippen LogP contribution in [0.2, 0.25) is 0 Å². The van der Waals surface area contributed by atoms with Gasteiger partial charge in [-0.3, -0.25) is 0 Å². The number of nitrogens with two attached hydrogens (primary N) is 1. The first-order chi connectivity index (χ1) is 11.8. The summed E-state index contributed by atoms with van der Waals surface area (Å²) in [5, 5.41) is 1.28. The lowest BCUT2D eigenvalue weighted by Crippen LogP contribution is -1.98. The Morgan fingerprint density at radius 3 is 2.42 bits per heavy atom. The molecule has 1 aromatic heterocycles. The van der Waals surface area contributed by atoms with Crippen molar-refractivity contribution in [2.45, 2.75) is 39.0 Å². The van der Waals surface area contributed by atoms with E-state index in [9.17, 15) is 0 Å². The lowest BCUT2D eigenvalue weighted by Gasteiger charge is -2.10. The molecular weight excluding hydrogens is 292 g/mol. The highest BCUT2D eigenvalue weighted by molar-refractivity contribution is 5.85. The van der Waals surface area contributed by atoms with Gasteiger partial charge in [-0.2, -0.15) is 0 Å². The zero-order valence-electron chi connectivity index (χ0n) is 14.5. The molecule has 2 heteroatoms. The van der Waals surface area contributed by atoms with Crippen LogP contribution in [0.3, 0.4) is 0 Å². The van der Waals surface area contributed by atoms with Gasteiger partial charge in [-0.1, -0.05) is 60.9 Å². The highest BCUT2D eigenvalue weighted by Gasteiger charge is 2.07. The van der Waals surface area contributed by atoms with E-state index in [0.717, 1.165) is 30.6 Å². The maximum absolute atomic E-state index is 5.58. The third kappa shape index (κ3) is 4.01. The van der Waals surface area contributed by atoms with E-state index in [2.05, 4.69) is 61.5 Å². The van der Waals surface area contributed by atoms with Crippen molar-refractivity contribution < 1.29 is 0 Å². The number of nitrogens with zero attached hydrogens (tertiary/aromatic N) is 1. The summed E-state index contributed by atoms with van der Waals surface area (Å²) in [5.74, 6) is 0. The molecule has 0 radical (unpaired) electrons. The van der Waals surface area contributed by atoms with Crippen molar-refractivity contribution in [1.82, 2.24) is 4.98 Å². The van der Waals surface area contributed by atoms with Crippen LogP contribution in [0.1, 0.15) is 36.8 Å². The summed E-state index contributed by atoms with van der Waals surface area (Å²) in [5.41, 5.74) is 11.6. The molecule has 0 spiro atoms. The van der Waals surface area contributed by atoms with Gasteiger partial charge in [0, 0.05) is 10.9 Å². The van der Waals surface area contributed by atoms with E-state index >= 15 is 0 Å². The SMILES string of the molecule is Cc1ccc(-c2cc(CCCCCCN)c3ccccc3n2)cc1. The Kier molecular flexibility index (Phi) is 5.60. The largest absolute Gasteiger partial charge is 0.330 e.